The van der Waals surface area contributed by atoms with Crippen molar-refractivity contribution in [2.24, 2.45) is 0 Å². The van der Waals surface area contributed by atoms with E-state index in [0.717, 1.165) is 33.4 Å². The smallest absolute Gasteiger partial charge is 0.263 e. The Morgan fingerprint density at radius 1 is 0.895 bits per heavy atom. The number of fused-ring (bicyclic) bond motifs is 2. The Morgan fingerprint density at radius 2 is 1.76 bits per heavy atom. The number of hydrogen-bond donors (Lipinski definition) is 1. The summed E-state index contributed by atoms with van der Waals surface area (Å²) in [5, 5.41) is 4.92. The van der Waals surface area contributed by atoms with Gasteiger partial charge in [0.25, 0.3) is 5.56 Å². The highest BCUT2D eigenvalue weighted by molar-refractivity contribution is 5.96. The first-order valence-electron chi connectivity index (χ1n) is 12.2. The van der Waals surface area contributed by atoms with Gasteiger partial charge in [-0.15, -0.1) is 0 Å². The molecule has 8 nitrogen and oxygen atoms in total. The highest BCUT2D eigenvalue weighted by atomic mass is 16.5. The third-order valence-electron chi connectivity index (χ3n) is 6.54. The van der Waals surface area contributed by atoms with Crippen LogP contribution in [0.4, 0.5) is 5.82 Å². The molecule has 38 heavy (non-hydrogen) atoms. The highest BCUT2D eigenvalue weighted by Crippen LogP contribution is 2.31. The molecular weight excluding hydrogens is 476 g/mol. The van der Waals surface area contributed by atoms with Crippen molar-refractivity contribution in [1.82, 2.24) is 24.5 Å². The van der Waals surface area contributed by atoms with E-state index in [-0.39, 0.29) is 11.6 Å². The molecule has 8 heteroatoms. The van der Waals surface area contributed by atoms with Crippen LogP contribution in [0, 0.1) is 0 Å². The number of hydrogen-bond acceptors (Lipinski definition) is 7. The number of anilines is 1. The van der Waals surface area contributed by atoms with E-state index in [4.69, 9.17) is 4.74 Å². The van der Waals surface area contributed by atoms with E-state index in [1.54, 1.807) is 30.1 Å². The van der Waals surface area contributed by atoms with Crippen LogP contribution in [0.3, 0.4) is 0 Å². The SMILES string of the molecule is COc1ccc(-c2cccc3cc([C@H](C)Nc4ncnc5cccnc45)n(-c4ccccc4)c(=O)c23)cn1. The summed E-state index contributed by atoms with van der Waals surface area (Å²) in [7, 11) is 1.58. The fraction of sp³-hybridized carbons (Fsp3) is 0.100. The number of nitrogens with one attached hydrogen (secondary N) is 1. The van der Waals surface area contributed by atoms with Crippen molar-refractivity contribution in [3.8, 4) is 22.7 Å². The molecule has 0 bridgehead atoms. The topological polar surface area (TPSA) is 94.8 Å². The van der Waals surface area contributed by atoms with Crippen molar-refractivity contribution in [3.63, 3.8) is 0 Å². The first-order valence-corrected chi connectivity index (χ1v) is 12.2. The minimum absolute atomic E-state index is 0.116. The van der Waals surface area contributed by atoms with Gasteiger partial charge in [0.15, 0.2) is 5.82 Å². The number of benzene rings is 2. The summed E-state index contributed by atoms with van der Waals surface area (Å²) in [6, 6.07) is 24.7. The lowest BCUT2D eigenvalue weighted by Gasteiger charge is -2.22. The van der Waals surface area contributed by atoms with Crippen LogP contribution >= 0.6 is 0 Å². The number of aromatic nitrogens is 5. The molecule has 0 spiro atoms. The summed E-state index contributed by atoms with van der Waals surface area (Å²) >= 11 is 0. The zero-order chi connectivity index (χ0) is 26.1. The van der Waals surface area contributed by atoms with Crippen molar-refractivity contribution in [1.29, 1.82) is 0 Å². The lowest BCUT2D eigenvalue weighted by Crippen LogP contribution is -2.26. The lowest BCUT2D eigenvalue weighted by atomic mass is 9.99. The monoisotopic (exact) mass is 500 g/mol. The Labute approximate surface area is 218 Å². The second-order valence-corrected chi connectivity index (χ2v) is 8.86. The minimum atomic E-state index is -0.279. The summed E-state index contributed by atoms with van der Waals surface area (Å²) in [6.07, 6.45) is 4.96. The van der Waals surface area contributed by atoms with Gasteiger partial charge in [-0.2, -0.15) is 0 Å². The zero-order valence-corrected chi connectivity index (χ0v) is 20.9. The second-order valence-electron chi connectivity index (χ2n) is 8.86. The molecule has 2 aromatic carbocycles. The highest BCUT2D eigenvalue weighted by Gasteiger charge is 2.20. The Kier molecular flexibility index (Phi) is 5.97. The van der Waals surface area contributed by atoms with Gasteiger partial charge in [0, 0.05) is 35.4 Å². The van der Waals surface area contributed by atoms with E-state index in [9.17, 15) is 4.79 Å². The summed E-state index contributed by atoms with van der Waals surface area (Å²) in [6.45, 7) is 2.01. The molecule has 0 amide bonds. The van der Waals surface area contributed by atoms with Crippen molar-refractivity contribution in [3.05, 3.63) is 114 Å². The summed E-state index contributed by atoms with van der Waals surface area (Å²) < 4.78 is 6.97. The largest absolute Gasteiger partial charge is 0.481 e. The van der Waals surface area contributed by atoms with Crippen molar-refractivity contribution >= 4 is 27.6 Å². The van der Waals surface area contributed by atoms with E-state index in [1.807, 2.05) is 73.7 Å². The third kappa shape index (κ3) is 4.12. The average Bonchev–Trinajstić information content (AvgIpc) is 2.97. The Morgan fingerprint density at radius 3 is 2.55 bits per heavy atom. The number of rotatable bonds is 6. The van der Waals surface area contributed by atoms with Crippen molar-refractivity contribution < 1.29 is 4.74 Å². The molecule has 0 aliphatic heterocycles. The number of methoxy groups -OCH3 is 1. The number of para-hydroxylation sites is 1. The molecule has 1 N–H and O–H groups in total. The molecule has 186 valence electrons. The molecule has 0 aliphatic carbocycles. The summed E-state index contributed by atoms with van der Waals surface area (Å²) in [4.78, 5) is 31.8. The molecule has 0 fully saturated rings. The average molecular weight is 501 g/mol. The predicted molar refractivity (Wildman–Crippen MR) is 149 cm³/mol. The Balaban J connectivity index is 1.55. The van der Waals surface area contributed by atoms with Crippen LogP contribution in [-0.4, -0.2) is 31.6 Å². The fourth-order valence-electron chi connectivity index (χ4n) is 4.72. The fourth-order valence-corrected chi connectivity index (χ4v) is 4.72. The van der Waals surface area contributed by atoms with Gasteiger partial charge in [0.1, 0.15) is 11.8 Å². The van der Waals surface area contributed by atoms with Gasteiger partial charge < -0.3 is 10.1 Å². The molecular formula is C30H24N6O2. The first kappa shape index (κ1) is 23.3. The molecule has 4 heterocycles. The number of pyridine rings is 3. The predicted octanol–water partition coefficient (Wildman–Crippen LogP) is 5.57. The molecule has 6 rings (SSSR count). The standard InChI is InChI=1S/C30H24N6O2/c1-19(35-29-28-24(33-18-34-29)12-7-15-31-28)25-16-20-8-6-11-23(21-13-14-26(38-2)32-17-21)27(20)30(37)36(25)22-9-4-3-5-10-22/h3-19H,1-2H3,(H,33,34,35)/t19-/m0/s1. The maximum atomic E-state index is 14.3. The quantitative estimate of drug-likeness (QED) is 0.319. The second kappa shape index (κ2) is 9.74. The summed E-state index contributed by atoms with van der Waals surface area (Å²) in [5.74, 6) is 1.12. The van der Waals surface area contributed by atoms with Crippen molar-refractivity contribution in [2.45, 2.75) is 13.0 Å². The van der Waals surface area contributed by atoms with Gasteiger partial charge in [0.05, 0.1) is 24.1 Å². The molecule has 4 aromatic heterocycles. The number of nitrogens with zero attached hydrogens (tertiary/aromatic N) is 5. The van der Waals surface area contributed by atoms with Crippen LogP contribution in [0.25, 0.3) is 38.6 Å². The molecule has 0 saturated heterocycles. The van der Waals surface area contributed by atoms with Crippen LogP contribution < -0.4 is 15.6 Å². The summed E-state index contributed by atoms with van der Waals surface area (Å²) in [5.41, 5.74) is 4.52. The molecule has 1 atom stereocenters. The Hall–Kier alpha value is -5.11. The van der Waals surface area contributed by atoms with Crippen molar-refractivity contribution in [2.75, 3.05) is 12.4 Å². The molecule has 0 unspecified atom stereocenters. The molecule has 0 saturated carbocycles. The normalized spacial score (nSPS) is 11.9. The lowest BCUT2D eigenvalue weighted by molar-refractivity contribution is 0.398. The Bertz CT molecular complexity index is 1810. The molecule has 0 aliphatic rings. The van der Waals surface area contributed by atoms with Gasteiger partial charge in [-0.3, -0.25) is 14.3 Å². The van der Waals surface area contributed by atoms with Gasteiger partial charge >= 0.3 is 0 Å². The van der Waals surface area contributed by atoms with Gasteiger partial charge in [-0.1, -0.05) is 36.4 Å². The van der Waals surface area contributed by atoms with E-state index in [1.165, 1.54) is 6.33 Å². The van der Waals surface area contributed by atoms with Gasteiger partial charge in [0.2, 0.25) is 5.88 Å². The zero-order valence-electron chi connectivity index (χ0n) is 20.9. The molecule has 6 aromatic rings. The minimum Gasteiger partial charge on any atom is -0.481 e. The first-order chi connectivity index (χ1) is 18.6. The van der Waals surface area contributed by atoms with Crippen LogP contribution in [0.1, 0.15) is 18.7 Å². The number of ether oxygens (including phenoxy) is 1. The van der Waals surface area contributed by atoms with Crippen LogP contribution in [0.5, 0.6) is 5.88 Å². The maximum absolute atomic E-state index is 14.3. The van der Waals surface area contributed by atoms with Gasteiger partial charge in [-0.25, -0.2) is 15.0 Å². The van der Waals surface area contributed by atoms with Crippen LogP contribution in [-0.2, 0) is 0 Å². The van der Waals surface area contributed by atoms with Gasteiger partial charge in [-0.05, 0) is 54.3 Å². The van der Waals surface area contributed by atoms with E-state index < -0.39 is 0 Å². The third-order valence-corrected chi connectivity index (χ3v) is 6.54. The van der Waals surface area contributed by atoms with Crippen LogP contribution in [0.15, 0.2) is 102 Å². The van der Waals surface area contributed by atoms with Crippen LogP contribution in [0.2, 0.25) is 0 Å². The maximum Gasteiger partial charge on any atom is 0.263 e. The van der Waals surface area contributed by atoms with E-state index >= 15 is 0 Å². The van der Waals surface area contributed by atoms with E-state index in [0.29, 0.717) is 22.6 Å². The molecule has 0 radical (unpaired) electrons. The van der Waals surface area contributed by atoms with E-state index in [2.05, 4.69) is 31.3 Å².